The predicted molar refractivity (Wildman–Crippen MR) is 109 cm³/mol. The van der Waals surface area contributed by atoms with Gasteiger partial charge in [0.05, 0.1) is 0 Å². The van der Waals surface area contributed by atoms with Crippen LogP contribution >= 0.6 is 11.8 Å². The molecule has 6 nitrogen and oxygen atoms in total. The highest BCUT2D eigenvalue weighted by molar-refractivity contribution is 8.15. The number of hydrogen-bond acceptors (Lipinski definition) is 6. The minimum atomic E-state index is -1.04. The maximum atomic E-state index is 14.4. The first kappa shape index (κ1) is 20.9. The van der Waals surface area contributed by atoms with Gasteiger partial charge in [0.1, 0.15) is 27.3 Å². The number of thioether (sulfide) groups is 1. The number of hydrogen-bond donors (Lipinski definition) is 2. The lowest BCUT2D eigenvalue weighted by molar-refractivity contribution is -0.127. The molecular formula is C20H20F2N4O2S. The van der Waals surface area contributed by atoms with Crippen molar-refractivity contribution in [1.29, 1.82) is 0 Å². The fraction of sp³-hybridized carbons (Fsp3) is 0.250. The number of halogens is 2. The Balaban J connectivity index is 2.18. The Morgan fingerprint density at radius 3 is 2.66 bits per heavy atom. The van der Waals surface area contributed by atoms with Gasteiger partial charge in [-0.2, -0.15) is 5.10 Å². The van der Waals surface area contributed by atoms with E-state index in [1.807, 2.05) is 30.3 Å². The normalized spacial score (nSPS) is 19.4. The molecule has 0 saturated carbocycles. The van der Waals surface area contributed by atoms with Gasteiger partial charge in [-0.3, -0.25) is 4.79 Å². The second-order valence-electron chi connectivity index (χ2n) is 6.48. The Morgan fingerprint density at radius 2 is 2.00 bits per heavy atom. The van der Waals surface area contributed by atoms with E-state index in [2.05, 4.69) is 10.3 Å². The smallest absolute Gasteiger partial charge is 0.293 e. The number of carbonyl (C=O) groups excluding carboxylic acids is 1. The first-order chi connectivity index (χ1) is 13.9. The molecule has 0 radical (unpaired) electrons. The molecule has 1 amide bonds. The van der Waals surface area contributed by atoms with E-state index in [-0.39, 0.29) is 16.3 Å². The molecule has 152 valence electrons. The number of nitrogens with zero attached hydrogens (tertiary/aromatic N) is 3. The Hall–Kier alpha value is -2.78. The van der Waals surface area contributed by atoms with Crippen LogP contribution in [0.1, 0.15) is 30.9 Å². The van der Waals surface area contributed by atoms with Crippen molar-refractivity contribution in [2.45, 2.75) is 24.6 Å². The second kappa shape index (κ2) is 8.71. The van der Waals surface area contributed by atoms with E-state index in [1.54, 1.807) is 0 Å². The number of nitrogens with two attached hydrogens (primary N) is 1. The van der Waals surface area contributed by atoms with Crippen molar-refractivity contribution in [2.75, 3.05) is 6.54 Å². The van der Waals surface area contributed by atoms with Crippen molar-refractivity contribution in [1.82, 2.24) is 5.01 Å². The van der Waals surface area contributed by atoms with Gasteiger partial charge in [-0.25, -0.2) is 13.8 Å². The van der Waals surface area contributed by atoms with Gasteiger partial charge >= 0.3 is 0 Å². The maximum absolute atomic E-state index is 14.4. The summed E-state index contributed by atoms with van der Waals surface area (Å²) < 4.78 is 28.2. The van der Waals surface area contributed by atoms with Crippen LogP contribution in [0.25, 0.3) is 0 Å². The molecule has 3 rings (SSSR count). The first-order valence-corrected chi connectivity index (χ1v) is 9.76. The summed E-state index contributed by atoms with van der Waals surface area (Å²) in [4.78, 5) is 11.9. The molecule has 0 saturated heterocycles. The molecule has 0 bridgehead atoms. The first-order valence-electron chi connectivity index (χ1n) is 8.95. The second-order valence-corrected chi connectivity index (χ2v) is 7.74. The fourth-order valence-electron chi connectivity index (χ4n) is 3.09. The van der Waals surface area contributed by atoms with E-state index < -0.39 is 22.4 Å². The van der Waals surface area contributed by atoms with E-state index in [0.717, 1.165) is 35.5 Å². The zero-order valence-electron chi connectivity index (χ0n) is 15.7. The van der Waals surface area contributed by atoms with Gasteiger partial charge in [-0.1, -0.05) is 47.2 Å². The average molecular weight is 418 g/mol. The van der Waals surface area contributed by atoms with Crippen LogP contribution < -0.4 is 5.73 Å². The lowest BCUT2D eigenvalue weighted by atomic mass is 10.00. The van der Waals surface area contributed by atoms with Crippen LogP contribution in [0, 0.1) is 11.6 Å². The van der Waals surface area contributed by atoms with Crippen LogP contribution in [0.3, 0.4) is 0 Å². The summed E-state index contributed by atoms with van der Waals surface area (Å²) >= 11 is 1.15. The highest BCUT2D eigenvalue weighted by Crippen LogP contribution is 2.50. The highest BCUT2D eigenvalue weighted by Gasteiger charge is 2.49. The molecule has 0 aliphatic carbocycles. The largest absolute Gasteiger partial charge is 0.410 e. The minimum Gasteiger partial charge on any atom is -0.410 e. The van der Waals surface area contributed by atoms with E-state index >= 15 is 0 Å². The number of benzene rings is 2. The Morgan fingerprint density at radius 1 is 1.28 bits per heavy atom. The van der Waals surface area contributed by atoms with Gasteiger partial charge in [-0.15, -0.1) is 0 Å². The number of rotatable bonds is 6. The molecule has 0 fully saturated rings. The number of amides is 1. The molecule has 2 aromatic carbocycles. The molecule has 1 aliphatic rings. The minimum absolute atomic E-state index is 0.0445. The predicted octanol–water partition coefficient (Wildman–Crippen LogP) is 3.64. The topological polar surface area (TPSA) is 91.3 Å². The van der Waals surface area contributed by atoms with Gasteiger partial charge in [-0.05, 0) is 50.1 Å². The third-order valence-electron chi connectivity index (χ3n) is 4.55. The summed E-state index contributed by atoms with van der Waals surface area (Å²) in [6.45, 7) is 1.72. The molecule has 1 aliphatic heterocycles. The van der Waals surface area contributed by atoms with Crippen LogP contribution in [-0.4, -0.2) is 33.4 Å². The molecule has 2 aromatic rings. The zero-order chi connectivity index (χ0) is 21.0. The molecule has 0 spiro atoms. The third kappa shape index (κ3) is 4.01. The van der Waals surface area contributed by atoms with Crippen molar-refractivity contribution < 1.29 is 18.8 Å². The van der Waals surface area contributed by atoms with Crippen molar-refractivity contribution in [3.8, 4) is 0 Å². The number of carbonyl (C=O) groups is 1. The molecule has 9 heteroatoms. The standard InChI is InChI=1S/C20H20F2N4O2S/c1-13(25-28)19(27)26-20(10-5-11-23,14-6-3-2-4-7-14)29-18(24-26)16-12-15(21)8-9-17(16)22/h2-4,6-9,12,28H,5,10-11,23H2,1H3. The van der Waals surface area contributed by atoms with Gasteiger partial charge in [0.2, 0.25) is 0 Å². The molecule has 29 heavy (non-hydrogen) atoms. The summed E-state index contributed by atoms with van der Waals surface area (Å²) in [6, 6.07) is 12.2. The molecule has 0 aromatic heterocycles. The SMILES string of the molecule is CC(=NO)C(=O)N1N=C(c2cc(F)ccc2F)SC1(CCCN)c1ccccc1. The van der Waals surface area contributed by atoms with Crippen LogP contribution in [0.15, 0.2) is 58.8 Å². The lowest BCUT2D eigenvalue weighted by Crippen LogP contribution is -2.44. The highest BCUT2D eigenvalue weighted by atomic mass is 32.2. The molecule has 1 atom stereocenters. The maximum Gasteiger partial charge on any atom is 0.293 e. The van der Waals surface area contributed by atoms with Gasteiger partial charge in [0.25, 0.3) is 5.91 Å². The van der Waals surface area contributed by atoms with Crippen LogP contribution in [-0.2, 0) is 9.67 Å². The van der Waals surface area contributed by atoms with Crippen LogP contribution in [0.5, 0.6) is 0 Å². The Bertz CT molecular complexity index is 968. The van der Waals surface area contributed by atoms with Crippen molar-refractivity contribution in [3.05, 3.63) is 71.3 Å². The molecule has 1 unspecified atom stereocenters. The monoisotopic (exact) mass is 418 g/mol. The number of oxime groups is 1. The lowest BCUT2D eigenvalue weighted by Gasteiger charge is -2.35. The molecule has 1 heterocycles. The summed E-state index contributed by atoms with van der Waals surface area (Å²) in [5.41, 5.74) is 6.24. The molecule has 3 N–H and O–H groups in total. The summed E-state index contributed by atoms with van der Waals surface area (Å²) in [6.07, 6.45) is 0.960. The Labute approximate surface area is 171 Å². The van der Waals surface area contributed by atoms with E-state index in [1.165, 1.54) is 11.9 Å². The van der Waals surface area contributed by atoms with Crippen molar-refractivity contribution >= 4 is 28.4 Å². The van der Waals surface area contributed by atoms with E-state index in [0.29, 0.717) is 19.4 Å². The van der Waals surface area contributed by atoms with Crippen LogP contribution in [0.2, 0.25) is 0 Å². The summed E-state index contributed by atoms with van der Waals surface area (Å²) in [7, 11) is 0. The summed E-state index contributed by atoms with van der Waals surface area (Å²) in [5.74, 6) is -1.91. The van der Waals surface area contributed by atoms with Gasteiger partial charge < -0.3 is 10.9 Å². The van der Waals surface area contributed by atoms with Gasteiger partial charge in [0.15, 0.2) is 0 Å². The number of hydrazone groups is 1. The zero-order valence-corrected chi connectivity index (χ0v) is 16.5. The van der Waals surface area contributed by atoms with Gasteiger partial charge in [0, 0.05) is 5.56 Å². The quantitative estimate of drug-likeness (QED) is 0.426. The summed E-state index contributed by atoms with van der Waals surface area (Å²) in [5, 5.41) is 17.8. The molecular weight excluding hydrogens is 398 g/mol. The third-order valence-corrected chi connectivity index (χ3v) is 6.00. The Kier molecular flexibility index (Phi) is 6.29. The van der Waals surface area contributed by atoms with E-state index in [9.17, 15) is 13.6 Å². The van der Waals surface area contributed by atoms with E-state index in [4.69, 9.17) is 10.9 Å². The fourth-order valence-corrected chi connectivity index (χ4v) is 4.51. The van der Waals surface area contributed by atoms with Crippen molar-refractivity contribution in [3.63, 3.8) is 0 Å². The van der Waals surface area contributed by atoms with Crippen molar-refractivity contribution in [2.24, 2.45) is 16.0 Å². The average Bonchev–Trinajstić information content (AvgIpc) is 3.14. The van der Waals surface area contributed by atoms with Crippen LogP contribution in [0.4, 0.5) is 8.78 Å².